The lowest BCUT2D eigenvalue weighted by Gasteiger charge is -2.08. The van der Waals surface area contributed by atoms with Crippen molar-refractivity contribution in [3.63, 3.8) is 0 Å². The smallest absolute Gasteiger partial charge is 0.229 e. The van der Waals surface area contributed by atoms with Gasteiger partial charge in [-0.3, -0.25) is 4.79 Å². The van der Waals surface area contributed by atoms with Gasteiger partial charge in [0.2, 0.25) is 5.91 Å². The molecule has 4 nitrogen and oxygen atoms in total. The molecule has 0 unspecified atom stereocenters. The first-order chi connectivity index (χ1) is 12.6. The van der Waals surface area contributed by atoms with E-state index in [0.29, 0.717) is 17.4 Å². The molecule has 2 N–H and O–H groups in total. The highest BCUT2D eigenvalue weighted by molar-refractivity contribution is 6.30. The van der Waals surface area contributed by atoms with Gasteiger partial charge in [-0.25, -0.2) is 9.37 Å². The molecule has 0 atom stereocenters. The number of amides is 1. The molecule has 6 heteroatoms. The van der Waals surface area contributed by atoms with Crippen molar-refractivity contribution >= 4 is 29.0 Å². The van der Waals surface area contributed by atoms with Crippen LogP contribution in [0.3, 0.4) is 0 Å². The molecule has 0 fully saturated rings. The molecule has 3 rings (SSSR count). The van der Waals surface area contributed by atoms with E-state index in [9.17, 15) is 9.18 Å². The minimum Gasteiger partial charge on any atom is -0.380 e. The summed E-state index contributed by atoms with van der Waals surface area (Å²) in [7, 11) is 0. The van der Waals surface area contributed by atoms with E-state index in [-0.39, 0.29) is 18.1 Å². The predicted octanol–water partition coefficient (Wildman–Crippen LogP) is 4.67. The molecule has 3 aromatic rings. The van der Waals surface area contributed by atoms with Crippen molar-refractivity contribution in [3.8, 4) is 0 Å². The highest BCUT2D eigenvalue weighted by atomic mass is 35.5. The molecule has 0 saturated carbocycles. The number of hydrogen-bond donors (Lipinski definition) is 2. The Labute approximate surface area is 156 Å². The number of anilines is 2. The molecule has 0 aliphatic rings. The Hall–Kier alpha value is -2.92. The van der Waals surface area contributed by atoms with Crippen LogP contribution in [0.25, 0.3) is 0 Å². The van der Waals surface area contributed by atoms with Gasteiger partial charge in [0.15, 0.2) is 0 Å². The summed E-state index contributed by atoms with van der Waals surface area (Å²) >= 11 is 5.86. The van der Waals surface area contributed by atoms with Gasteiger partial charge < -0.3 is 10.6 Å². The average Bonchev–Trinajstić information content (AvgIpc) is 2.64. The molecular weight excluding hydrogens is 353 g/mol. The van der Waals surface area contributed by atoms with Crippen LogP contribution < -0.4 is 10.6 Å². The average molecular weight is 370 g/mol. The summed E-state index contributed by atoms with van der Waals surface area (Å²) in [5.41, 5.74) is 2.69. The summed E-state index contributed by atoms with van der Waals surface area (Å²) in [6, 6.07) is 17.0. The van der Waals surface area contributed by atoms with Gasteiger partial charge in [0.25, 0.3) is 0 Å². The van der Waals surface area contributed by atoms with Gasteiger partial charge in [0.1, 0.15) is 11.6 Å². The summed E-state index contributed by atoms with van der Waals surface area (Å²) < 4.78 is 12.9. The van der Waals surface area contributed by atoms with E-state index in [1.54, 1.807) is 24.4 Å². The van der Waals surface area contributed by atoms with Crippen LogP contribution in [0.15, 0.2) is 66.9 Å². The number of rotatable bonds is 6. The molecule has 26 heavy (non-hydrogen) atoms. The first-order valence-electron chi connectivity index (χ1n) is 8.07. The fourth-order valence-corrected chi connectivity index (χ4v) is 2.48. The summed E-state index contributed by atoms with van der Waals surface area (Å²) in [4.78, 5) is 16.2. The summed E-state index contributed by atoms with van der Waals surface area (Å²) in [5, 5.41) is 6.68. The topological polar surface area (TPSA) is 54.0 Å². The summed E-state index contributed by atoms with van der Waals surface area (Å²) in [6.45, 7) is 0.648. The SMILES string of the molecule is O=C(Cc1ccc(F)cc1)Nc1ccc(NCc2ccc(Cl)cc2)cn1. The lowest BCUT2D eigenvalue weighted by atomic mass is 10.1. The summed E-state index contributed by atoms with van der Waals surface area (Å²) in [5.74, 6) is -0.0577. The van der Waals surface area contributed by atoms with E-state index in [0.717, 1.165) is 16.8 Å². The van der Waals surface area contributed by atoms with Gasteiger partial charge in [-0.15, -0.1) is 0 Å². The zero-order valence-corrected chi connectivity index (χ0v) is 14.6. The number of halogens is 2. The van der Waals surface area contributed by atoms with Crippen LogP contribution in [-0.2, 0) is 17.8 Å². The van der Waals surface area contributed by atoms with Crippen molar-refractivity contribution in [1.29, 1.82) is 0 Å². The van der Waals surface area contributed by atoms with Crippen LogP contribution in [0.5, 0.6) is 0 Å². The first-order valence-corrected chi connectivity index (χ1v) is 8.45. The molecule has 1 aromatic heterocycles. The fraction of sp³-hybridized carbons (Fsp3) is 0.100. The van der Waals surface area contributed by atoms with Gasteiger partial charge in [0, 0.05) is 11.6 Å². The number of pyridine rings is 1. The second-order valence-corrected chi connectivity index (χ2v) is 6.20. The van der Waals surface area contributed by atoms with Crippen LogP contribution in [0.2, 0.25) is 5.02 Å². The van der Waals surface area contributed by atoms with Crippen molar-refractivity contribution in [3.05, 3.63) is 88.8 Å². The van der Waals surface area contributed by atoms with E-state index in [1.807, 2.05) is 30.3 Å². The maximum absolute atomic E-state index is 12.9. The van der Waals surface area contributed by atoms with E-state index in [4.69, 9.17) is 11.6 Å². The molecule has 1 heterocycles. The largest absolute Gasteiger partial charge is 0.380 e. The van der Waals surface area contributed by atoms with Crippen LogP contribution in [-0.4, -0.2) is 10.9 Å². The molecule has 0 spiro atoms. The molecule has 1 amide bonds. The number of nitrogens with one attached hydrogen (secondary N) is 2. The third-order valence-corrected chi connectivity index (χ3v) is 3.97. The number of benzene rings is 2. The molecule has 2 aromatic carbocycles. The van der Waals surface area contributed by atoms with Gasteiger partial charge >= 0.3 is 0 Å². The van der Waals surface area contributed by atoms with Crippen LogP contribution in [0.4, 0.5) is 15.9 Å². The maximum atomic E-state index is 12.9. The normalized spacial score (nSPS) is 10.4. The third kappa shape index (κ3) is 5.29. The Morgan fingerprint density at radius 2 is 1.65 bits per heavy atom. The van der Waals surface area contributed by atoms with Crippen molar-refractivity contribution in [2.24, 2.45) is 0 Å². The molecule has 0 bridgehead atoms. The second kappa shape index (κ2) is 8.45. The molecule has 0 aliphatic heterocycles. The van der Waals surface area contributed by atoms with Gasteiger partial charge in [-0.1, -0.05) is 35.9 Å². The highest BCUT2D eigenvalue weighted by Crippen LogP contribution is 2.14. The number of carbonyl (C=O) groups is 1. The standard InChI is InChI=1S/C20H17ClFN3O/c21-16-5-1-15(2-6-16)12-23-18-9-10-19(24-13-18)25-20(26)11-14-3-7-17(22)8-4-14/h1-10,13,23H,11-12H2,(H,24,25,26). The minimum absolute atomic E-state index is 0.165. The Bertz CT molecular complexity index is 865. The van der Waals surface area contributed by atoms with Gasteiger partial charge in [0.05, 0.1) is 18.3 Å². The maximum Gasteiger partial charge on any atom is 0.229 e. The number of carbonyl (C=O) groups excluding carboxylic acids is 1. The number of nitrogens with zero attached hydrogens (tertiary/aromatic N) is 1. The Morgan fingerprint density at radius 3 is 2.31 bits per heavy atom. The molecule has 0 radical (unpaired) electrons. The Kier molecular flexibility index (Phi) is 5.81. The van der Waals surface area contributed by atoms with Crippen molar-refractivity contribution in [2.45, 2.75) is 13.0 Å². The van der Waals surface area contributed by atoms with E-state index < -0.39 is 0 Å². The molecule has 132 valence electrons. The lowest BCUT2D eigenvalue weighted by Crippen LogP contribution is -2.15. The fourth-order valence-electron chi connectivity index (χ4n) is 2.35. The second-order valence-electron chi connectivity index (χ2n) is 5.76. The quantitative estimate of drug-likeness (QED) is 0.664. The van der Waals surface area contributed by atoms with Gasteiger partial charge in [-0.05, 0) is 47.5 Å². The first kappa shape index (κ1) is 17.9. The lowest BCUT2D eigenvalue weighted by molar-refractivity contribution is -0.115. The van der Waals surface area contributed by atoms with Crippen molar-refractivity contribution in [1.82, 2.24) is 4.98 Å². The monoisotopic (exact) mass is 369 g/mol. The van der Waals surface area contributed by atoms with Crippen molar-refractivity contribution in [2.75, 3.05) is 10.6 Å². The Morgan fingerprint density at radius 1 is 0.962 bits per heavy atom. The minimum atomic E-state index is -0.322. The summed E-state index contributed by atoms with van der Waals surface area (Å²) in [6.07, 6.45) is 1.82. The van der Waals surface area contributed by atoms with E-state index in [2.05, 4.69) is 15.6 Å². The van der Waals surface area contributed by atoms with E-state index in [1.165, 1.54) is 12.1 Å². The molecule has 0 aliphatic carbocycles. The third-order valence-electron chi connectivity index (χ3n) is 3.72. The van der Waals surface area contributed by atoms with Crippen molar-refractivity contribution < 1.29 is 9.18 Å². The Balaban J connectivity index is 1.51. The number of hydrogen-bond acceptors (Lipinski definition) is 3. The predicted molar refractivity (Wildman–Crippen MR) is 102 cm³/mol. The van der Waals surface area contributed by atoms with Gasteiger partial charge in [-0.2, -0.15) is 0 Å². The number of aromatic nitrogens is 1. The highest BCUT2D eigenvalue weighted by Gasteiger charge is 2.05. The van der Waals surface area contributed by atoms with Crippen LogP contribution in [0, 0.1) is 5.82 Å². The zero-order valence-electron chi connectivity index (χ0n) is 13.9. The molecule has 0 saturated heterocycles. The van der Waals surface area contributed by atoms with Crippen LogP contribution >= 0.6 is 11.6 Å². The zero-order chi connectivity index (χ0) is 18.4. The van der Waals surface area contributed by atoms with Crippen LogP contribution in [0.1, 0.15) is 11.1 Å². The van der Waals surface area contributed by atoms with E-state index >= 15 is 0 Å². The molecular formula is C20H17ClFN3O.